The van der Waals surface area contributed by atoms with Crippen molar-refractivity contribution in [1.29, 1.82) is 0 Å². The maximum Gasteiger partial charge on any atom is 0.263 e. The molecule has 0 bridgehead atoms. The van der Waals surface area contributed by atoms with Crippen molar-refractivity contribution in [3.8, 4) is 0 Å². The van der Waals surface area contributed by atoms with E-state index < -0.39 is 0 Å². The molecule has 0 aliphatic heterocycles. The third-order valence-electron chi connectivity index (χ3n) is 3.44. The molecule has 0 amide bonds. The van der Waals surface area contributed by atoms with E-state index in [1.165, 1.54) is 6.20 Å². The van der Waals surface area contributed by atoms with Gasteiger partial charge in [-0.15, -0.1) is 0 Å². The number of rotatable bonds is 4. The molecule has 0 aromatic carbocycles. The molecule has 0 saturated carbocycles. The Morgan fingerprint density at radius 2 is 2.19 bits per heavy atom. The molecule has 0 fully saturated rings. The maximum absolute atomic E-state index is 12.6. The lowest BCUT2D eigenvalue weighted by atomic mass is 10.2. The largest absolute Gasteiger partial charge is 0.382 e. The Morgan fingerprint density at radius 1 is 1.33 bits per heavy atom. The number of aromatic nitrogens is 5. The van der Waals surface area contributed by atoms with Crippen LogP contribution in [-0.4, -0.2) is 38.0 Å². The molecule has 0 unspecified atom stereocenters. The predicted octanol–water partition coefficient (Wildman–Crippen LogP) is 0.761. The van der Waals surface area contributed by atoms with Gasteiger partial charge in [-0.25, -0.2) is 4.98 Å². The predicted molar refractivity (Wildman–Crippen MR) is 77.0 cm³/mol. The number of methoxy groups -OCH3 is 1. The summed E-state index contributed by atoms with van der Waals surface area (Å²) in [6.07, 6.45) is 6.39. The molecular formula is C14H15N5O2. The van der Waals surface area contributed by atoms with Crippen molar-refractivity contribution in [3.63, 3.8) is 0 Å². The number of fused-ring (bicyclic) bond motifs is 1. The molecule has 0 aliphatic rings. The average Bonchev–Trinajstić information content (AvgIpc) is 2.92. The molecule has 21 heavy (non-hydrogen) atoms. The van der Waals surface area contributed by atoms with E-state index in [2.05, 4.69) is 15.1 Å². The summed E-state index contributed by atoms with van der Waals surface area (Å²) < 4.78 is 8.55. The highest BCUT2D eigenvalue weighted by Gasteiger charge is 2.19. The first-order chi connectivity index (χ1) is 10.2. The van der Waals surface area contributed by atoms with Crippen LogP contribution in [0, 0.1) is 0 Å². The molecule has 3 aromatic rings. The third kappa shape index (κ3) is 2.31. The first-order valence-electron chi connectivity index (χ1n) is 6.50. The standard InChI is InChI=1S/C14H15N5O2/c1-18-12(4-6-17-18)13(8-21-2)19-9-16-11-3-5-15-7-10(11)14(19)20/h3-7,9,13H,8H2,1-2H3/t13-/m0/s1. The van der Waals surface area contributed by atoms with Crippen LogP contribution in [0.3, 0.4) is 0 Å². The van der Waals surface area contributed by atoms with E-state index >= 15 is 0 Å². The normalized spacial score (nSPS) is 12.7. The zero-order chi connectivity index (χ0) is 14.8. The molecule has 3 rings (SSSR count). The van der Waals surface area contributed by atoms with Gasteiger partial charge in [-0.2, -0.15) is 5.10 Å². The topological polar surface area (TPSA) is 74.8 Å². The van der Waals surface area contributed by atoms with Crippen LogP contribution in [0.15, 0.2) is 41.8 Å². The van der Waals surface area contributed by atoms with Gasteiger partial charge in [0.05, 0.1) is 29.5 Å². The highest BCUT2D eigenvalue weighted by molar-refractivity contribution is 5.75. The fourth-order valence-corrected chi connectivity index (χ4v) is 2.38. The van der Waals surface area contributed by atoms with Crippen molar-refractivity contribution >= 4 is 10.9 Å². The molecule has 7 nitrogen and oxygen atoms in total. The fraction of sp³-hybridized carbons (Fsp3) is 0.286. The van der Waals surface area contributed by atoms with E-state index in [9.17, 15) is 4.79 Å². The van der Waals surface area contributed by atoms with E-state index in [1.54, 1.807) is 41.1 Å². The van der Waals surface area contributed by atoms with Crippen LogP contribution in [0.1, 0.15) is 11.7 Å². The number of pyridine rings is 1. The van der Waals surface area contributed by atoms with Gasteiger partial charge in [0.15, 0.2) is 0 Å². The molecule has 0 N–H and O–H groups in total. The van der Waals surface area contributed by atoms with Crippen molar-refractivity contribution in [2.75, 3.05) is 13.7 Å². The van der Waals surface area contributed by atoms with Crippen LogP contribution in [0.4, 0.5) is 0 Å². The molecule has 1 atom stereocenters. The lowest BCUT2D eigenvalue weighted by Crippen LogP contribution is -2.30. The van der Waals surface area contributed by atoms with Crippen molar-refractivity contribution in [1.82, 2.24) is 24.3 Å². The Hall–Kier alpha value is -2.54. The first kappa shape index (κ1) is 13.4. The highest BCUT2D eigenvalue weighted by Crippen LogP contribution is 2.17. The minimum Gasteiger partial charge on any atom is -0.382 e. The minimum atomic E-state index is -0.285. The molecule has 0 spiro atoms. The molecule has 7 heteroatoms. The third-order valence-corrected chi connectivity index (χ3v) is 3.44. The summed E-state index contributed by atoms with van der Waals surface area (Å²) >= 11 is 0. The Labute approximate surface area is 120 Å². The van der Waals surface area contributed by atoms with E-state index in [1.807, 2.05) is 13.1 Å². The van der Waals surface area contributed by atoms with Gasteiger partial charge < -0.3 is 4.74 Å². The summed E-state index contributed by atoms with van der Waals surface area (Å²) in [7, 11) is 3.43. The Morgan fingerprint density at radius 3 is 2.90 bits per heavy atom. The van der Waals surface area contributed by atoms with Gasteiger partial charge in [0, 0.05) is 32.7 Å². The first-order valence-corrected chi connectivity index (χ1v) is 6.50. The van der Waals surface area contributed by atoms with Crippen LogP contribution >= 0.6 is 0 Å². The second-order valence-electron chi connectivity index (χ2n) is 4.70. The van der Waals surface area contributed by atoms with Crippen molar-refractivity contribution in [3.05, 3.63) is 53.1 Å². The van der Waals surface area contributed by atoms with Gasteiger partial charge >= 0.3 is 0 Å². The van der Waals surface area contributed by atoms with E-state index in [0.717, 1.165) is 5.69 Å². The number of hydrogen-bond acceptors (Lipinski definition) is 5. The van der Waals surface area contributed by atoms with Crippen LogP contribution < -0.4 is 5.56 Å². The van der Waals surface area contributed by atoms with E-state index in [-0.39, 0.29) is 11.6 Å². The lowest BCUT2D eigenvalue weighted by molar-refractivity contribution is 0.164. The Kier molecular flexibility index (Phi) is 3.49. The van der Waals surface area contributed by atoms with Crippen molar-refractivity contribution < 1.29 is 4.74 Å². The van der Waals surface area contributed by atoms with Gasteiger partial charge in [0.2, 0.25) is 0 Å². The summed E-state index contributed by atoms with van der Waals surface area (Å²) in [6, 6.07) is 3.30. The summed E-state index contributed by atoms with van der Waals surface area (Å²) in [5, 5.41) is 4.64. The summed E-state index contributed by atoms with van der Waals surface area (Å²) in [6.45, 7) is 0.354. The smallest absolute Gasteiger partial charge is 0.263 e. The molecule has 3 heterocycles. The van der Waals surface area contributed by atoms with Gasteiger partial charge in [-0.1, -0.05) is 0 Å². The number of nitrogens with zero attached hydrogens (tertiary/aromatic N) is 5. The molecule has 108 valence electrons. The summed E-state index contributed by atoms with van der Waals surface area (Å²) in [4.78, 5) is 21.0. The Balaban J connectivity index is 2.18. The summed E-state index contributed by atoms with van der Waals surface area (Å²) in [5.41, 5.74) is 1.37. The molecule has 0 saturated heterocycles. The molecule has 3 aromatic heterocycles. The van der Waals surface area contributed by atoms with E-state index in [0.29, 0.717) is 17.5 Å². The van der Waals surface area contributed by atoms with Gasteiger partial charge in [-0.3, -0.25) is 19.0 Å². The second-order valence-corrected chi connectivity index (χ2v) is 4.70. The zero-order valence-electron chi connectivity index (χ0n) is 11.8. The quantitative estimate of drug-likeness (QED) is 0.707. The van der Waals surface area contributed by atoms with E-state index in [4.69, 9.17) is 4.74 Å². The number of ether oxygens (including phenoxy) is 1. The van der Waals surface area contributed by atoms with Gasteiger partial charge in [0.1, 0.15) is 6.04 Å². The zero-order valence-corrected chi connectivity index (χ0v) is 11.8. The monoisotopic (exact) mass is 285 g/mol. The number of aryl methyl sites for hydroxylation is 1. The van der Waals surface area contributed by atoms with Crippen LogP contribution in [0.25, 0.3) is 10.9 Å². The van der Waals surface area contributed by atoms with Crippen LogP contribution in [-0.2, 0) is 11.8 Å². The molecule has 0 radical (unpaired) electrons. The van der Waals surface area contributed by atoms with Gasteiger partial charge in [-0.05, 0) is 12.1 Å². The minimum absolute atomic E-state index is 0.142. The highest BCUT2D eigenvalue weighted by atomic mass is 16.5. The average molecular weight is 285 g/mol. The van der Waals surface area contributed by atoms with Crippen LogP contribution in [0.2, 0.25) is 0 Å². The van der Waals surface area contributed by atoms with Gasteiger partial charge in [0.25, 0.3) is 5.56 Å². The molecule has 0 aliphatic carbocycles. The second kappa shape index (κ2) is 5.45. The van der Waals surface area contributed by atoms with Crippen molar-refractivity contribution in [2.24, 2.45) is 7.05 Å². The summed E-state index contributed by atoms with van der Waals surface area (Å²) in [5.74, 6) is 0. The lowest BCUT2D eigenvalue weighted by Gasteiger charge is -2.19. The van der Waals surface area contributed by atoms with Crippen LogP contribution in [0.5, 0.6) is 0 Å². The number of hydrogen-bond donors (Lipinski definition) is 0. The molecular weight excluding hydrogens is 270 g/mol. The van der Waals surface area contributed by atoms with Crippen molar-refractivity contribution in [2.45, 2.75) is 6.04 Å². The maximum atomic E-state index is 12.6. The Bertz CT molecular complexity index is 823. The SMILES string of the molecule is COC[C@@H](c1ccnn1C)n1cnc2ccncc2c1=O. The fourth-order valence-electron chi connectivity index (χ4n) is 2.38.